The molecular formula is C92H40N2O4. The van der Waals surface area contributed by atoms with Gasteiger partial charge in [0.25, 0.3) is 0 Å². The van der Waals surface area contributed by atoms with Crippen molar-refractivity contribution in [1.82, 2.24) is 0 Å². The van der Waals surface area contributed by atoms with E-state index in [0.29, 0.717) is 23.3 Å². The van der Waals surface area contributed by atoms with Crippen molar-refractivity contribution in [2.24, 2.45) is 5.92 Å². The first-order chi connectivity index (χ1) is 48.4. The molecule has 29 aromatic rings. The van der Waals surface area contributed by atoms with Crippen LogP contribution in [-0.2, 0) is 25.2 Å². The number of anilines is 1. The molecule has 0 amide bonds. The first-order valence-corrected chi connectivity index (χ1v) is 36.7. The highest BCUT2D eigenvalue weighted by molar-refractivity contribution is 6.82. The molecule has 0 bridgehead atoms. The summed E-state index contributed by atoms with van der Waals surface area (Å²) >= 11 is 0. The van der Waals surface area contributed by atoms with E-state index in [1.54, 1.807) is 313 Å². The summed E-state index contributed by atoms with van der Waals surface area (Å²) < 4.78 is 9.12. The van der Waals surface area contributed by atoms with Crippen LogP contribution in [0.1, 0.15) is 85.6 Å². The number of allylic oxidation sites excluding steroid dienone is 7. The number of nitrogens with zero attached hydrogens (tertiary/aromatic N) is 2. The summed E-state index contributed by atoms with van der Waals surface area (Å²) in [5, 5.41) is 99.0. The van der Waals surface area contributed by atoms with E-state index in [1.807, 2.05) is 67.2 Å². The van der Waals surface area contributed by atoms with Crippen molar-refractivity contribution in [3.8, 4) is 0 Å². The lowest BCUT2D eigenvalue weighted by Gasteiger charge is -2.32. The first-order valence-electron chi connectivity index (χ1n) is 36.7. The topological polar surface area (TPSA) is 72.7 Å². The Labute approximate surface area is 547 Å². The van der Waals surface area contributed by atoms with Gasteiger partial charge in [-0.2, -0.15) is 0 Å². The van der Waals surface area contributed by atoms with Crippen LogP contribution in [0.3, 0.4) is 0 Å². The molecule has 36 rings (SSSR count). The van der Waals surface area contributed by atoms with Crippen molar-refractivity contribution in [3.63, 3.8) is 0 Å². The third-order valence-electron chi connectivity index (χ3n) is 31.5. The number of ketones is 1. The second-order valence-electron chi connectivity index (χ2n) is 34.0. The molecule has 0 aromatic heterocycles. The smallest absolute Gasteiger partial charge is 0.311 e. The van der Waals surface area contributed by atoms with Crippen molar-refractivity contribution in [1.29, 1.82) is 0 Å². The maximum absolute atomic E-state index is 16.8. The Morgan fingerprint density at radius 3 is 0.918 bits per heavy atom. The summed E-state index contributed by atoms with van der Waals surface area (Å²) in [4.78, 5) is 32.3. The van der Waals surface area contributed by atoms with Crippen molar-refractivity contribution >= 4 is 320 Å². The molecule has 98 heavy (non-hydrogen) atoms. The average molecular weight is 1240 g/mol. The van der Waals surface area contributed by atoms with E-state index in [-0.39, 0.29) is 29.0 Å². The molecule has 0 saturated heterocycles. The molecule has 7 aliphatic carbocycles. The van der Waals surface area contributed by atoms with Crippen LogP contribution in [0.2, 0.25) is 0 Å². The predicted octanol–water partition coefficient (Wildman–Crippen LogP) is 20.9. The molecule has 1 fully saturated rings. The standard InChI is InChI=1S/C92H40N2O4/c1-93(2)25-17-13-23(14-18-25)27-87(95)28(88(27)96)24-15-19-26(20-16-24)94(3)21-11-9-7-5-4-6-8-10-12-22-98-90(97)89-91-83-75-67-57-47-39-31-29-30-33-37-35(31)43-51-45(37)55-49-41(33)42-34(30)38-36-32(29)40(39)48-54-44(36)52-46(38)56-50(42)60-59(49)69-63(55)73-65(51)71(61(67)53(43)47)79(83)81(73)85-77(69)78-70(60)64(56)74-66(52)72-62(54)68(58(48)57)76(75)84(91)80(72)82(74)86(78)92(85,89)91/h13-20,89H,4-12,21-22H2,1-3H3. The van der Waals surface area contributed by atoms with E-state index in [9.17, 15) is 9.90 Å². The molecule has 0 unspecified atom stereocenters. The summed E-state index contributed by atoms with van der Waals surface area (Å²) in [6.45, 7) is 1.44. The van der Waals surface area contributed by atoms with Gasteiger partial charge in [0.2, 0.25) is 0 Å². The van der Waals surface area contributed by atoms with E-state index in [1.165, 1.54) is 32.1 Å². The zero-order valence-electron chi connectivity index (χ0n) is 53.0. The van der Waals surface area contributed by atoms with E-state index in [2.05, 4.69) is 11.9 Å². The Morgan fingerprint density at radius 2 is 0.643 bits per heavy atom. The molecule has 0 N–H and O–H groups in total. The van der Waals surface area contributed by atoms with Crippen LogP contribution in [-0.4, -0.2) is 56.3 Å². The van der Waals surface area contributed by atoms with Gasteiger partial charge in [-0.1, -0.05) is 62.8 Å². The largest absolute Gasteiger partial charge is 0.871 e. The van der Waals surface area contributed by atoms with Gasteiger partial charge in [0.1, 0.15) is 14.1 Å². The Bertz CT molecular complexity index is 8180. The van der Waals surface area contributed by atoms with E-state index >= 15 is 4.79 Å². The lowest BCUT2D eigenvalue weighted by molar-refractivity contribution is -0.462. The molecule has 7 aliphatic rings. The lowest BCUT2D eigenvalue weighted by Crippen LogP contribution is -2.30. The van der Waals surface area contributed by atoms with Gasteiger partial charge in [0, 0.05) is 42.6 Å². The highest BCUT2D eigenvalue weighted by Crippen LogP contribution is 2.92. The normalized spacial score (nSPS) is 21.4. The Kier molecular flexibility index (Phi) is 5.23. The minimum absolute atomic E-state index is 0.0683. The summed E-state index contributed by atoms with van der Waals surface area (Å²) in [6.07, 6.45) is 18.0. The van der Waals surface area contributed by atoms with Gasteiger partial charge in [-0.05, 0) is 361 Å². The molecule has 0 heterocycles. The number of unbranched alkanes of at least 4 members (excludes halogenated alkanes) is 8. The third-order valence-corrected chi connectivity index (χ3v) is 31.5. The molecule has 6 nitrogen and oxygen atoms in total. The minimum Gasteiger partial charge on any atom is -0.871 e. The number of hydrogen-bond donors (Lipinski definition) is 0. The van der Waals surface area contributed by atoms with E-state index in [4.69, 9.17) is 4.74 Å². The minimum atomic E-state index is -0.541. The molecule has 0 radical (unpaired) electrons. The zero-order chi connectivity index (χ0) is 61.6. The zero-order valence-corrected chi connectivity index (χ0v) is 53.0. The van der Waals surface area contributed by atoms with Crippen LogP contribution in [0.5, 0.6) is 0 Å². The van der Waals surface area contributed by atoms with Gasteiger partial charge in [0.05, 0.1) is 23.4 Å². The monoisotopic (exact) mass is 1240 g/mol. The number of benzene rings is 19. The summed E-state index contributed by atoms with van der Waals surface area (Å²) in [5.41, 5.74) is 9.24. The molecule has 0 atom stereocenters. The van der Waals surface area contributed by atoms with Gasteiger partial charge in [0.15, 0.2) is 11.5 Å². The third kappa shape index (κ3) is 3.06. The van der Waals surface area contributed by atoms with Crippen molar-refractivity contribution in [2.75, 3.05) is 39.2 Å². The van der Waals surface area contributed by atoms with Crippen LogP contribution < -0.4 is 10.0 Å². The average Bonchev–Trinajstić information content (AvgIpc) is 1.37. The Balaban J connectivity index is 0.499. The van der Waals surface area contributed by atoms with Gasteiger partial charge in [-0.15, -0.1) is 0 Å². The lowest BCUT2D eigenvalue weighted by atomic mass is 9.68. The van der Waals surface area contributed by atoms with Gasteiger partial charge >= 0.3 is 5.97 Å². The Hall–Kier alpha value is -11.0. The van der Waals surface area contributed by atoms with Crippen LogP contribution in [0, 0.1) is 5.92 Å². The van der Waals surface area contributed by atoms with Gasteiger partial charge in [-0.3, -0.25) is 9.59 Å². The van der Waals surface area contributed by atoms with Crippen molar-refractivity contribution in [3.05, 3.63) is 93.3 Å². The fourth-order valence-corrected chi connectivity index (χ4v) is 29.6. The molecule has 0 aliphatic heterocycles. The molecule has 442 valence electrons. The van der Waals surface area contributed by atoms with Crippen LogP contribution in [0.4, 0.5) is 5.69 Å². The first kappa shape index (κ1) is 44.0. The summed E-state index contributed by atoms with van der Waals surface area (Å²) in [5.74, 6) is -0.596. The maximum Gasteiger partial charge on any atom is 0.311 e. The van der Waals surface area contributed by atoms with Gasteiger partial charge < -0.3 is 14.7 Å². The van der Waals surface area contributed by atoms with Crippen LogP contribution in [0.25, 0.3) is 296 Å². The second kappa shape index (κ2) is 11.7. The number of carbonyl (C=O) groups excluding carboxylic acids is 2. The molecule has 2 spiro atoms. The quantitative estimate of drug-likeness (QED) is 0.0336. The predicted molar refractivity (Wildman–Crippen MR) is 404 cm³/mol. The number of hydrogen-bond acceptors (Lipinski definition) is 5. The molecular weight excluding hydrogens is 1200 g/mol. The highest BCUT2D eigenvalue weighted by atomic mass is 16.5. The Morgan fingerprint density at radius 1 is 0.378 bits per heavy atom. The number of ether oxygens (including phenoxy) is 1. The fourth-order valence-electron chi connectivity index (χ4n) is 29.6. The van der Waals surface area contributed by atoms with Gasteiger partial charge in [-0.25, -0.2) is 4.58 Å². The summed E-state index contributed by atoms with van der Waals surface area (Å²) in [7, 11) is 6.09. The fraction of sp³-hybridized carbons (Fsp3) is 0.185. The maximum atomic E-state index is 16.8. The van der Waals surface area contributed by atoms with E-state index < -0.39 is 10.8 Å². The molecule has 29 aromatic carbocycles. The second-order valence-corrected chi connectivity index (χ2v) is 34.0. The van der Waals surface area contributed by atoms with Crippen molar-refractivity contribution in [2.45, 2.75) is 68.6 Å². The van der Waals surface area contributed by atoms with Crippen molar-refractivity contribution < 1.29 is 24.0 Å². The number of Topliss-reactive ketones (excluding diaryl/α,β-unsaturated/α-hetero) is 1. The molecule has 1 saturated carbocycles. The van der Waals surface area contributed by atoms with Crippen LogP contribution in [0.15, 0.2) is 65.5 Å². The number of esters is 1. The molecule has 6 heteroatoms. The SMILES string of the molecule is CN(CCCCCCCCCCCOC(=O)C1C23c4c5c6c7c8c9c(c%10c%11c2c2c4c4c%12c5c5c6c6c8c8c%13c9c9c%10c%10c%11c%11c2c2c4c4c%12c%12c5c5c6c8c6c8c%13c9c9c%10c%10c%11c2c2c4c4c%12c5c6c5c8c9c%10c2c45)C713)c1ccc(C2=C([O-])C(=C3C=CC(=[N+](C)C)C=C3)C2=O)cc1. The van der Waals surface area contributed by atoms with E-state index in [0.717, 1.165) is 43.6 Å². The summed E-state index contributed by atoms with van der Waals surface area (Å²) in [6, 6.07) is 7.93. The highest BCUT2D eigenvalue weighted by Gasteiger charge is 2.89. The number of carbonyl (C=O) groups is 2. The van der Waals surface area contributed by atoms with Crippen LogP contribution >= 0.6 is 0 Å². The number of rotatable bonds is 15.